The van der Waals surface area contributed by atoms with Crippen LogP contribution in [0.1, 0.15) is 25.8 Å². The van der Waals surface area contributed by atoms with Gasteiger partial charge >= 0.3 is 18.3 Å². The molecule has 1 aliphatic rings. The zero-order valence-corrected chi connectivity index (χ0v) is 18.4. The molecule has 0 radical (unpaired) electrons. The minimum absolute atomic E-state index is 0.0130. The van der Waals surface area contributed by atoms with Gasteiger partial charge in [-0.2, -0.15) is 13.2 Å². The second-order valence-corrected chi connectivity index (χ2v) is 7.41. The number of nitrogens with zero attached hydrogens (tertiary/aromatic N) is 1. The van der Waals surface area contributed by atoms with Crippen molar-refractivity contribution >= 4 is 41.4 Å². The Morgan fingerprint density at radius 3 is 2.52 bits per heavy atom. The molecule has 0 N–H and O–H groups in total. The number of hydrogen-bond donors (Lipinski definition) is 0. The predicted molar refractivity (Wildman–Crippen MR) is 105 cm³/mol. The molecule has 1 heterocycles. The van der Waals surface area contributed by atoms with Crippen LogP contribution in [-0.2, 0) is 23.8 Å². The van der Waals surface area contributed by atoms with E-state index in [1.807, 2.05) is 0 Å². The summed E-state index contributed by atoms with van der Waals surface area (Å²) in [5.74, 6) is -1.80. The third kappa shape index (κ3) is 7.56. The van der Waals surface area contributed by atoms with Crippen LogP contribution in [0, 0.1) is 10.1 Å². The van der Waals surface area contributed by atoms with Crippen molar-refractivity contribution in [3.05, 3.63) is 43.4 Å². The van der Waals surface area contributed by atoms with Gasteiger partial charge in [-0.3, -0.25) is 0 Å². The van der Waals surface area contributed by atoms with E-state index >= 15 is 0 Å². The quantitative estimate of drug-likeness (QED) is 0.208. The summed E-state index contributed by atoms with van der Waals surface area (Å²) < 4.78 is 59.4. The summed E-state index contributed by atoms with van der Waals surface area (Å²) in [4.78, 5) is 38.4. The van der Waals surface area contributed by atoms with Crippen molar-refractivity contribution in [3.63, 3.8) is 0 Å². The van der Waals surface area contributed by atoms with Crippen LogP contribution in [0.15, 0.2) is 17.7 Å². The third-order valence-electron chi connectivity index (χ3n) is 3.94. The molecule has 2 rings (SSSR count). The number of benzene rings is 1. The minimum atomic E-state index is -5.00. The highest BCUT2D eigenvalue weighted by Gasteiger charge is 2.49. The highest BCUT2D eigenvalue weighted by Crippen LogP contribution is 2.42. The summed E-state index contributed by atoms with van der Waals surface area (Å²) in [5.41, 5.74) is -0.915. The number of rotatable bonds is 8. The first-order valence-corrected chi connectivity index (χ1v) is 9.83. The summed E-state index contributed by atoms with van der Waals surface area (Å²) in [6, 6.07) is 2.42. The topological polar surface area (TPSA) is 123 Å². The van der Waals surface area contributed by atoms with Gasteiger partial charge in [-0.1, -0.05) is 23.2 Å². The number of fused-ring (bicyclic) bond motifs is 1. The molecule has 1 aromatic rings. The van der Waals surface area contributed by atoms with Gasteiger partial charge in [0, 0.05) is 23.9 Å². The van der Waals surface area contributed by atoms with Crippen LogP contribution in [-0.4, -0.2) is 48.5 Å². The van der Waals surface area contributed by atoms with Crippen LogP contribution >= 0.6 is 23.2 Å². The van der Waals surface area contributed by atoms with Gasteiger partial charge in [-0.05, 0) is 25.1 Å². The molecule has 3 atom stereocenters. The third-order valence-corrected chi connectivity index (χ3v) is 4.44. The first-order valence-electron chi connectivity index (χ1n) is 9.07. The van der Waals surface area contributed by atoms with Crippen LogP contribution < -0.4 is 4.74 Å². The molecule has 0 aliphatic carbocycles. The molecular formula is C18H16Cl2F3NO9. The van der Waals surface area contributed by atoms with Gasteiger partial charge < -0.3 is 23.8 Å². The zero-order valence-electron chi connectivity index (χ0n) is 16.9. The van der Waals surface area contributed by atoms with Crippen molar-refractivity contribution in [1.82, 2.24) is 0 Å². The first-order chi connectivity index (χ1) is 15.3. The van der Waals surface area contributed by atoms with Gasteiger partial charge in [0.25, 0.3) is 5.09 Å². The summed E-state index contributed by atoms with van der Waals surface area (Å²) >= 11 is 11.7. The lowest BCUT2D eigenvalue weighted by Crippen LogP contribution is -2.41. The summed E-state index contributed by atoms with van der Waals surface area (Å²) in [7, 11) is 0. The van der Waals surface area contributed by atoms with Crippen molar-refractivity contribution in [1.29, 1.82) is 0 Å². The van der Waals surface area contributed by atoms with E-state index in [0.29, 0.717) is 0 Å². The molecule has 0 amide bonds. The molecule has 10 nitrogen and oxygen atoms in total. The van der Waals surface area contributed by atoms with Gasteiger partial charge in [-0.15, -0.1) is 10.1 Å². The molecule has 33 heavy (non-hydrogen) atoms. The lowest BCUT2D eigenvalue weighted by atomic mass is 10.0. The lowest BCUT2D eigenvalue weighted by Gasteiger charge is -2.29. The van der Waals surface area contributed by atoms with E-state index in [2.05, 4.69) is 14.3 Å². The summed E-state index contributed by atoms with van der Waals surface area (Å²) in [6.45, 7) is 2.09. The average molecular weight is 518 g/mol. The molecule has 15 heteroatoms. The standard InChI is InChI=1S/C18H16Cl2F3NO9/c1-8(33-24(27)28)3-4-29-17(26)31-9(2)30-16(25)12-6-10-5-11(19)7-13(20)14(10)32-15(12)18(21,22)23/h5-9,15H,3-4H2,1-2H3. The van der Waals surface area contributed by atoms with Crippen molar-refractivity contribution in [2.24, 2.45) is 0 Å². The number of carbonyl (C=O) groups is 2. The van der Waals surface area contributed by atoms with E-state index in [0.717, 1.165) is 13.0 Å². The monoisotopic (exact) mass is 517 g/mol. The molecule has 0 fully saturated rings. The Labute approximate surface area is 194 Å². The largest absolute Gasteiger partial charge is 0.511 e. The molecule has 0 aromatic heterocycles. The molecule has 182 valence electrons. The van der Waals surface area contributed by atoms with Crippen LogP contribution in [0.3, 0.4) is 0 Å². The van der Waals surface area contributed by atoms with Crippen molar-refractivity contribution in [2.45, 2.75) is 44.9 Å². The number of carbonyl (C=O) groups excluding carboxylic acids is 2. The average Bonchev–Trinajstić information content (AvgIpc) is 2.65. The minimum Gasteiger partial charge on any atom is -0.474 e. The summed E-state index contributed by atoms with van der Waals surface area (Å²) in [5, 5.41) is 9.07. The Kier molecular flexibility index (Phi) is 8.61. The van der Waals surface area contributed by atoms with E-state index in [4.69, 9.17) is 32.7 Å². The van der Waals surface area contributed by atoms with E-state index in [9.17, 15) is 32.9 Å². The Bertz CT molecular complexity index is 955. The molecule has 0 bridgehead atoms. The Balaban J connectivity index is 2.03. The van der Waals surface area contributed by atoms with E-state index in [1.54, 1.807) is 0 Å². The van der Waals surface area contributed by atoms with Crippen LogP contribution in [0.25, 0.3) is 6.08 Å². The maximum absolute atomic E-state index is 13.5. The van der Waals surface area contributed by atoms with E-state index < -0.39 is 47.5 Å². The molecule has 0 spiro atoms. The molecule has 0 saturated heterocycles. The Morgan fingerprint density at radius 2 is 1.91 bits per heavy atom. The zero-order chi connectivity index (χ0) is 24.9. The highest BCUT2D eigenvalue weighted by molar-refractivity contribution is 6.36. The van der Waals surface area contributed by atoms with Crippen molar-refractivity contribution in [3.8, 4) is 5.75 Å². The fourth-order valence-electron chi connectivity index (χ4n) is 2.57. The fourth-order valence-corrected chi connectivity index (χ4v) is 3.12. The number of halogens is 5. The molecule has 1 aromatic carbocycles. The van der Waals surface area contributed by atoms with Crippen LogP contribution in [0.4, 0.5) is 18.0 Å². The smallest absolute Gasteiger partial charge is 0.474 e. The van der Waals surface area contributed by atoms with Crippen LogP contribution in [0.2, 0.25) is 10.0 Å². The fraction of sp³-hybridized carbons (Fsp3) is 0.444. The maximum atomic E-state index is 13.5. The number of alkyl halides is 3. The number of esters is 1. The van der Waals surface area contributed by atoms with Gasteiger partial charge in [0.2, 0.25) is 12.4 Å². The summed E-state index contributed by atoms with van der Waals surface area (Å²) in [6.07, 6.45) is -10.7. The van der Waals surface area contributed by atoms with E-state index in [1.165, 1.54) is 19.1 Å². The highest BCUT2D eigenvalue weighted by atomic mass is 35.5. The first kappa shape index (κ1) is 26.3. The SMILES string of the molecule is CC(CCOC(=O)OC(C)OC(=O)C1=Cc2cc(Cl)cc(Cl)c2OC1C(F)(F)F)O[N+](=O)[O-]. The maximum Gasteiger partial charge on any atom is 0.511 e. The van der Waals surface area contributed by atoms with Crippen LogP contribution in [0.5, 0.6) is 5.75 Å². The molecule has 3 unspecified atom stereocenters. The Morgan fingerprint density at radius 1 is 1.24 bits per heavy atom. The van der Waals surface area contributed by atoms with E-state index in [-0.39, 0.29) is 34.4 Å². The predicted octanol–water partition coefficient (Wildman–Crippen LogP) is 4.73. The molecule has 1 aliphatic heterocycles. The number of ether oxygens (including phenoxy) is 4. The Hall–Kier alpha value is -2.93. The van der Waals surface area contributed by atoms with Gasteiger partial charge in [-0.25, -0.2) is 9.59 Å². The lowest BCUT2D eigenvalue weighted by molar-refractivity contribution is -0.767. The second kappa shape index (κ2) is 10.8. The van der Waals surface area contributed by atoms with Gasteiger partial charge in [0.15, 0.2) is 0 Å². The number of hydrogen-bond acceptors (Lipinski definition) is 9. The normalized spacial score (nSPS) is 16.9. The second-order valence-electron chi connectivity index (χ2n) is 6.56. The van der Waals surface area contributed by atoms with Crippen molar-refractivity contribution in [2.75, 3.05) is 6.61 Å². The van der Waals surface area contributed by atoms with Gasteiger partial charge in [0.05, 0.1) is 17.2 Å². The van der Waals surface area contributed by atoms with Crippen molar-refractivity contribution < 1.29 is 51.6 Å². The molecular weight excluding hydrogens is 502 g/mol. The molecule has 0 saturated carbocycles. The van der Waals surface area contributed by atoms with Gasteiger partial charge in [0.1, 0.15) is 11.9 Å².